The zero-order chi connectivity index (χ0) is 10.6. The van der Waals surface area contributed by atoms with E-state index in [1.54, 1.807) is 0 Å². The second kappa shape index (κ2) is 5.01. The highest BCUT2D eigenvalue weighted by Gasteiger charge is 2.36. The van der Waals surface area contributed by atoms with Crippen molar-refractivity contribution >= 4 is 0 Å². The van der Waals surface area contributed by atoms with Crippen molar-refractivity contribution < 1.29 is 0 Å². The Morgan fingerprint density at radius 2 is 1.73 bits per heavy atom. The van der Waals surface area contributed by atoms with Gasteiger partial charge in [-0.05, 0) is 24.7 Å². The largest absolute Gasteiger partial charge is 0.0771 e. The lowest BCUT2D eigenvalue weighted by molar-refractivity contribution is 0.133. The number of hydrogen-bond acceptors (Lipinski definition) is 0. The molecule has 2 rings (SSSR count). The van der Waals surface area contributed by atoms with Crippen LogP contribution in [0.1, 0.15) is 58.3 Å². The third kappa shape index (κ3) is 2.35. The van der Waals surface area contributed by atoms with E-state index >= 15 is 0 Å². The van der Waals surface area contributed by atoms with E-state index in [2.05, 4.69) is 31.2 Å². The van der Waals surface area contributed by atoms with Crippen molar-refractivity contribution in [1.82, 2.24) is 0 Å². The van der Waals surface area contributed by atoms with E-state index in [1.165, 1.54) is 51.4 Å². The normalized spacial score (nSPS) is 24.9. The molecule has 2 aliphatic carbocycles. The molecule has 0 radical (unpaired) electrons. The summed E-state index contributed by atoms with van der Waals surface area (Å²) < 4.78 is 0. The standard InChI is InChI=1S/C15H24/c1-2-3-11-15(12-7-4-8-13-15)14-9-5-6-10-14/h5-6,9-10,14H,2-4,7-8,11-13H2,1H3. The molecule has 0 nitrogen and oxygen atoms in total. The minimum Gasteiger partial charge on any atom is -0.0771 e. The highest BCUT2D eigenvalue weighted by molar-refractivity contribution is 5.21. The van der Waals surface area contributed by atoms with Crippen LogP contribution in [0.15, 0.2) is 24.3 Å². The molecule has 0 heterocycles. The molecule has 0 spiro atoms. The molecule has 0 heteroatoms. The Balaban J connectivity index is 2.06. The Bertz CT molecular complexity index is 229. The smallest absolute Gasteiger partial charge is 0.000927 e. The fraction of sp³-hybridized carbons (Fsp3) is 0.733. The van der Waals surface area contributed by atoms with Crippen molar-refractivity contribution in [1.29, 1.82) is 0 Å². The van der Waals surface area contributed by atoms with Crippen LogP contribution in [0, 0.1) is 11.3 Å². The maximum Gasteiger partial charge on any atom is 0.000927 e. The van der Waals surface area contributed by atoms with E-state index in [0.717, 1.165) is 5.92 Å². The minimum absolute atomic E-state index is 0.637. The Hall–Kier alpha value is -0.520. The topological polar surface area (TPSA) is 0 Å². The summed E-state index contributed by atoms with van der Waals surface area (Å²) in [6, 6.07) is 0. The molecule has 0 saturated heterocycles. The van der Waals surface area contributed by atoms with Crippen molar-refractivity contribution in [3.05, 3.63) is 24.3 Å². The van der Waals surface area contributed by atoms with Crippen molar-refractivity contribution in [3.63, 3.8) is 0 Å². The van der Waals surface area contributed by atoms with Gasteiger partial charge >= 0.3 is 0 Å². The molecule has 2 aliphatic rings. The van der Waals surface area contributed by atoms with Gasteiger partial charge in [-0.25, -0.2) is 0 Å². The summed E-state index contributed by atoms with van der Waals surface area (Å²) in [6.07, 6.45) is 20.9. The summed E-state index contributed by atoms with van der Waals surface area (Å²) in [5.74, 6) is 0.754. The van der Waals surface area contributed by atoms with E-state index in [1.807, 2.05) is 0 Å². The molecular weight excluding hydrogens is 180 g/mol. The van der Waals surface area contributed by atoms with Gasteiger partial charge in [-0.2, -0.15) is 0 Å². The van der Waals surface area contributed by atoms with Crippen LogP contribution in [0.3, 0.4) is 0 Å². The molecule has 0 unspecified atom stereocenters. The summed E-state index contributed by atoms with van der Waals surface area (Å²) in [5, 5.41) is 0. The summed E-state index contributed by atoms with van der Waals surface area (Å²) in [7, 11) is 0. The molecule has 0 aliphatic heterocycles. The van der Waals surface area contributed by atoms with Gasteiger partial charge in [0.1, 0.15) is 0 Å². The van der Waals surface area contributed by atoms with Crippen molar-refractivity contribution in [2.45, 2.75) is 58.3 Å². The first-order chi connectivity index (χ1) is 7.37. The van der Waals surface area contributed by atoms with Gasteiger partial charge in [0.15, 0.2) is 0 Å². The van der Waals surface area contributed by atoms with Crippen molar-refractivity contribution in [2.75, 3.05) is 0 Å². The molecule has 0 bridgehead atoms. The predicted molar refractivity (Wildman–Crippen MR) is 66.8 cm³/mol. The third-order valence-electron chi connectivity index (χ3n) is 4.33. The van der Waals surface area contributed by atoms with Gasteiger partial charge in [-0.1, -0.05) is 63.3 Å². The molecule has 0 N–H and O–H groups in total. The number of rotatable bonds is 4. The fourth-order valence-electron chi connectivity index (χ4n) is 3.37. The minimum atomic E-state index is 0.637. The Labute approximate surface area is 94.5 Å². The molecule has 0 aromatic heterocycles. The highest BCUT2D eigenvalue weighted by Crippen LogP contribution is 2.48. The molecule has 0 amide bonds. The molecule has 84 valence electrons. The average molecular weight is 204 g/mol. The summed E-state index contributed by atoms with van der Waals surface area (Å²) in [6.45, 7) is 2.32. The van der Waals surface area contributed by atoms with Crippen molar-refractivity contribution in [3.8, 4) is 0 Å². The SMILES string of the molecule is CCCCC1(C2C=CC=C2)CCCCC1. The van der Waals surface area contributed by atoms with Gasteiger partial charge < -0.3 is 0 Å². The van der Waals surface area contributed by atoms with Crippen LogP contribution in [0.2, 0.25) is 0 Å². The van der Waals surface area contributed by atoms with Gasteiger partial charge in [-0.15, -0.1) is 0 Å². The van der Waals surface area contributed by atoms with Gasteiger partial charge in [0.25, 0.3) is 0 Å². The van der Waals surface area contributed by atoms with Crippen LogP contribution >= 0.6 is 0 Å². The Morgan fingerprint density at radius 1 is 1.07 bits per heavy atom. The lowest BCUT2D eigenvalue weighted by Crippen LogP contribution is -2.30. The van der Waals surface area contributed by atoms with Gasteiger partial charge in [-0.3, -0.25) is 0 Å². The lowest BCUT2D eigenvalue weighted by atomic mass is 9.64. The first-order valence-corrected chi connectivity index (χ1v) is 6.72. The van der Waals surface area contributed by atoms with Crippen LogP contribution in [0.5, 0.6) is 0 Å². The van der Waals surface area contributed by atoms with Crippen molar-refractivity contribution in [2.24, 2.45) is 11.3 Å². The highest BCUT2D eigenvalue weighted by atomic mass is 14.4. The van der Waals surface area contributed by atoms with E-state index in [9.17, 15) is 0 Å². The number of allylic oxidation sites excluding steroid dienone is 4. The molecule has 1 fully saturated rings. The molecule has 0 aromatic rings. The molecule has 0 aromatic carbocycles. The second-order valence-corrected chi connectivity index (χ2v) is 5.32. The average Bonchev–Trinajstić information content (AvgIpc) is 2.82. The molecular formula is C15H24. The van der Waals surface area contributed by atoms with E-state index in [4.69, 9.17) is 0 Å². The zero-order valence-electron chi connectivity index (χ0n) is 10.0. The third-order valence-corrected chi connectivity index (χ3v) is 4.33. The maximum absolute atomic E-state index is 2.43. The first kappa shape index (κ1) is 11.0. The summed E-state index contributed by atoms with van der Waals surface area (Å²) in [4.78, 5) is 0. The van der Waals surface area contributed by atoms with Crippen LogP contribution in [0.25, 0.3) is 0 Å². The maximum atomic E-state index is 2.43. The fourth-order valence-corrected chi connectivity index (χ4v) is 3.37. The van der Waals surface area contributed by atoms with E-state index in [-0.39, 0.29) is 0 Å². The zero-order valence-corrected chi connectivity index (χ0v) is 10.0. The quantitative estimate of drug-likeness (QED) is 0.613. The Kier molecular flexibility index (Phi) is 3.66. The lowest BCUT2D eigenvalue weighted by Gasteiger charge is -2.41. The molecule has 15 heavy (non-hydrogen) atoms. The first-order valence-electron chi connectivity index (χ1n) is 6.72. The van der Waals surface area contributed by atoms with E-state index in [0.29, 0.717) is 5.41 Å². The predicted octanol–water partition coefficient (Wildman–Crippen LogP) is 4.87. The molecule has 1 saturated carbocycles. The number of hydrogen-bond donors (Lipinski definition) is 0. The van der Waals surface area contributed by atoms with E-state index < -0.39 is 0 Å². The second-order valence-electron chi connectivity index (χ2n) is 5.32. The monoisotopic (exact) mass is 204 g/mol. The van der Waals surface area contributed by atoms with Gasteiger partial charge in [0, 0.05) is 5.92 Å². The van der Waals surface area contributed by atoms with Crippen LogP contribution in [0.4, 0.5) is 0 Å². The van der Waals surface area contributed by atoms with Crippen LogP contribution < -0.4 is 0 Å². The van der Waals surface area contributed by atoms with Crippen LogP contribution in [-0.2, 0) is 0 Å². The van der Waals surface area contributed by atoms with Gasteiger partial charge in [0.05, 0.1) is 0 Å². The Morgan fingerprint density at radius 3 is 2.33 bits per heavy atom. The molecule has 0 atom stereocenters. The van der Waals surface area contributed by atoms with Crippen LogP contribution in [-0.4, -0.2) is 0 Å². The van der Waals surface area contributed by atoms with Gasteiger partial charge in [0.2, 0.25) is 0 Å². The summed E-state index contributed by atoms with van der Waals surface area (Å²) in [5.41, 5.74) is 0.637. The summed E-state index contributed by atoms with van der Waals surface area (Å²) >= 11 is 0. The number of unbranched alkanes of at least 4 members (excludes halogenated alkanes) is 1.